The summed E-state index contributed by atoms with van der Waals surface area (Å²) >= 11 is 0. The van der Waals surface area contributed by atoms with Crippen molar-refractivity contribution in [3.63, 3.8) is 0 Å². The summed E-state index contributed by atoms with van der Waals surface area (Å²) in [5, 5.41) is 20.1. The Morgan fingerprint density at radius 3 is 2.76 bits per heavy atom. The fourth-order valence-corrected chi connectivity index (χ4v) is 1.19. The molecular weight excluding hydrogens is 226 g/mol. The highest BCUT2D eigenvalue weighted by molar-refractivity contribution is 5.50. The Kier molecular flexibility index (Phi) is 4.71. The molecule has 0 saturated heterocycles. The zero-order valence-corrected chi connectivity index (χ0v) is 9.75. The average molecular weight is 241 g/mol. The molecule has 1 aromatic carbocycles. The van der Waals surface area contributed by atoms with Crippen LogP contribution in [-0.4, -0.2) is 29.9 Å². The molecule has 0 amide bonds. The second-order valence-corrected chi connectivity index (χ2v) is 3.46. The highest BCUT2D eigenvalue weighted by atomic mass is 16.6. The van der Waals surface area contributed by atoms with Crippen LogP contribution in [0.2, 0.25) is 0 Å². The SMILES string of the molecule is CCC(O)COc1ccc(OC)cc1[N+](=O)[O-]. The van der Waals surface area contributed by atoms with Gasteiger partial charge in [-0.1, -0.05) is 6.92 Å². The van der Waals surface area contributed by atoms with Crippen LogP contribution in [0, 0.1) is 10.1 Å². The maximum absolute atomic E-state index is 10.8. The van der Waals surface area contributed by atoms with Crippen LogP contribution in [0.5, 0.6) is 11.5 Å². The minimum atomic E-state index is -0.628. The van der Waals surface area contributed by atoms with Crippen molar-refractivity contribution >= 4 is 5.69 Å². The van der Waals surface area contributed by atoms with Crippen LogP contribution >= 0.6 is 0 Å². The summed E-state index contributed by atoms with van der Waals surface area (Å²) in [6, 6.07) is 4.31. The van der Waals surface area contributed by atoms with E-state index in [1.165, 1.54) is 19.2 Å². The maximum atomic E-state index is 10.8. The molecular formula is C11H15NO5. The number of nitro groups is 1. The van der Waals surface area contributed by atoms with Crippen molar-refractivity contribution in [2.45, 2.75) is 19.4 Å². The van der Waals surface area contributed by atoms with E-state index in [-0.39, 0.29) is 18.0 Å². The fraction of sp³-hybridized carbons (Fsp3) is 0.455. The van der Waals surface area contributed by atoms with Gasteiger partial charge in [0.05, 0.1) is 24.2 Å². The van der Waals surface area contributed by atoms with Crippen molar-refractivity contribution in [1.82, 2.24) is 0 Å². The highest BCUT2D eigenvalue weighted by Crippen LogP contribution is 2.31. The zero-order valence-electron chi connectivity index (χ0n) is 9.75. The van der Waals surface area contributed by atoms with Crippen molar-refractivity contribution in [3.8, 4) is 11.5 Å². The molecule has 0 aliphatic rings. The lowest BCUT2D eigenvalue weighted by Crippen LogP contribution is -2.16. The minimum Gasteiger partial charge on any atom is -0.496 e. The second-order valence-electron chi connectivity index (χ2n) is 3.46. The Balaban J connectivity index is 2.87. The monoisotopic (exact) mass is 241 g/mol. The molecule has 1 aromatic rings. The molecule has 0 fully saturated rings. The van der Waals surface area contributed by atoms with Crippen LogP contribution in [0.25, 0.3) is 0 Å². The number of nitro benzene ring substituents is 1. The van der Waals surface area contributed by atoms with Gasteiger partial charge in [0.1, 0.15) is 12.4 Å². The van der Waals surface area contributed by atoms with Gasteiger partial charge >= 0.3 is 5.69 Å². The summed E-state index contributed by atoms with van der Waals surface area (Å²) in [7, 11) is 1.43. The Morgan fingerprint density at radius 2 is 2.24 bits per heavy atom. The summed E-state index contributed by atoms with van der Waals surface area (Å²) < 4.78 is 10.1. The van der Waals surface area contributed by atoms with Crippen molar-refractivity contribution in [1.29, 1.82) is 0 Å². The van der Waals surface area contributed by atoms with Crippen LogP contribution in [0.1, 0.15) is 13.3 Å². The number of aliphatic hydroxyl groups excluding tert-OH is 1. The van der Waals surface area contributed by atoms with Crippen molar-refractivity contribution in [2.24, 2.45) is 0 Å². The summed E-state index contributed by atoms with van der Waals surface area (Å²) in [5.74, 6) is 0.517. The van der Waals surface area contributed by atoms with Crippen LogP contribution < -0.4 is 9.47 Å². The number of rotatable bonds is 6. The molecule has 6 heteroatoms. The van der Waals surface area contributed by atoms with Gasteiger partial charge in [0, 0.05) is 0 Å². The van der Waals surface area contributed by atoms with E-state index < -0.39 is 11.0 Å². The number of benzene rings is 1. The van der Waals surface area contributed by atoms with E-state index in [1.54, 1.807) is 13.0 Å². The van der Waals surface area contributed by atoms with Crippen LogP contribution in [0.4, 0.5) is 5.69 Å². The van der Waals surface area contributed by atoms with E-state index >= 15 is 0 Å². The molecule has 1 atom stereocenters. The van der Waals surface area contributed by atoms with Gasteiger partial charge in [-0.15, -0.1) is 0 Å². The number of hydrogen-bond acceptors (Lipinski definition) is 5. The zero-order chi connectivity index (χ0) is 12.8. The lowest BCUT2D eigenvalue weighted by atomic mass is 10.2. The Labute approximate surface area is 98.9 Å². The molecule has 94 valence electrons. The predicted octanol–water partition coefficient (Wildman–Crippen LogP) is 1.75. The molecule has 0 saturated carbocycles. The molecule has 0 aliphatic carbocycles. The molecule has 0 radical (unpaired) electrons. The minimum absolute atomic E-state index is 0.0314. The molecule has 0 aliphatic heterocycles. The Hall–Kier alpha value is -1.82. The maximum Gasteiger partial charge on any atom is 0.314 e. The number of methoxy groups -OCH3 is 1. The van der Waals surface area contributed by atoms with Gasteiger partial charge in [-0.3, -0.25) is 10.1 Å². The smallest absolute Gasteiger partial charge is 0.314 e. The van der Waals surface area contributed by atoms with E-state index in [9.17, 15) is 15.2 Å². The van der Waals surface area contributed by atoms with Gasteiger partial charge in [-0.25, -0.2) is 0 Å². The number of nitrogens with zero attached hydrogens (tertiary/aromatic N) is 1. The first-order valence-corrected chi connectivity index (χ1v) is 5.21. The third kappa shape index (κ3) is 3.60. The van der Waals surface area contributed by atoms with E-state index in [4.69, 9.17) is 9.47 Å². The van der Waals surface area contributed by atoms with E-state index in [0.717, 1.165) is 0 Å². The summed E-state index contributed by atoms with van der Waals surface area (Å²) in [6.45, 7) is 1.83. The van der Waals surface area contributed by atoms with Gasteiger partial charge in [-0.05, 0) is 18.6 Å². The molecule has 17 heavy (non-hydrogen) atoms. The topological polar surface area (TPSA) is 81.8 Å². The fourth-order valence-electron chi connectivity index (χ4n) is 1.19. The molecule has 6 nitrogen and oxygen atoms in total. The third-order valence-corrected chi connectivity index (χ3v) is 2.27. The first kappa shape index (κ1) is 13.2. The standard InChI is InChI=1S/C11H15NO5/c1-3-8(13)7-17-11-5-4-9(16-2)6-10(11)12(14)15/h4-6,8,13H,3,7H2,1-2H3. The van der Waals surface area contributed by atoms with Gasteiger partial charge in [0.25, 0.3) is 0 Å². The second kappa shape index (κ2) is 6.05. The Bertz CT molecular complexity index is 393. The Morgan fingerprint density at radius 1 is 1.53 bits per heavy atom. The first-order valence-electron chi connectivity index (χ1n) is 5.21. The van der Waals surface area contributed by atoms with Crippen LogP contribution in [0.3, 0.4) is 0 Å². The third-order valence-electron chi connectivity index (χ3n) is 2.27. The molecule has 1 unspecified atom stereocenters. The lowest BCUT2D eigenvalue weighted by Gasteiger charge is -2.10. The summed E-state index contributed by atoms with van der Waals surface area (Å²) in [6.07, 6.45) is -0.0964. The van der Waals surface area contributed by atoms with Gasteiger partial charge < -0.3 is 14.6 Å². The normalized spacial score (nSPS) is 11.9. The number of aliphatic hydroxyl groups is 1. The van der Waals surface area contributed by atoms with Crippen LogP contribution in [-0.2, 0) is 0 Å². The summed E-state index contributed by atoms with van der Waals surface area (Å²) in [5.41, 5.74) is -0.173. The van der Waals surface area contributed by atoms with Gasteiger partial charge in [0.15, 0.2) is 5.75 Å². The first-order chi connectivity index (χ1) is 8.08. The molecule has 0 spiro atoms. The summed E-state index contributed by atoms with van der Waals surface area (Å²) in [4.78, 5) is 10.3. The molecule has 1 N–H and O–H groups in total. The van der Waals surface area contributed by atoms with E-state index in [0.29, 0.717) is 12.2 Å². The van der Waals surface area contributed by atoms with E-state index in [2.05, 4.69) is 0 Å². The molecule has 0 heterocycles. The van der Waals surface area contributed by atoms with Gasteiger partial charge in [-0.2, -0.15) is 0 Å². The molecule has 1 rings (SSSR count). The average Bonchev–Trinajstić information content (AvgIpc) is 2.35. The van der Waals surface area contributed by atoms with Crippen LogP contribution in [0.15, 0.2) is 18.2 Å². The molecule has 0 aromatic heterocycles. The number of hydrogen-bond donors (Lipinski definition) is 1. The van der Waals surface area contributed by atoms with Gasteiger partial charge in [0.2, 0.25) is 0 Å². The lowest BCUT2D eigenvalue weighted by molar-refractivity contribution is -0.386. The van der Waals surface area contributed by atoms with Crippen molar-refractivity contribution in [2.75, 3.05) is 13.7 Å². The quantitative estimate of drug-likeness (QED) is 0.606. The highest BCUT2D eigenvalue weighted by Gasteiger charge is 2.17. The van der Waals surface area contributed by atoms with E-state index in [1.807, 2.05) is 0 Å². The molecule has 0 bridgehead atoms. The van der Waals surface area contributed by atoms with Crippen molar-refractivity contribution < 1.29 is 19.5 Å². The number of ether oxygens (including phenoxy) is 2. The van der Waals surface area contributed by atoms with Crippen molar-refractivity contribution in [3.05, 3.63) is 28.3 Å². The predicted molar refractivity (Wildman–Crippen MR) is 61.4 cm³/mol. The largest absolute Gasteiger partial charge is 0.496 e.